The van der Waals surface area contributed by atoms with Crippen LogP contribution in [0.2, 0.25) is 0 Å². The first kappa shape index (κ1) is 20.6. The Kier molecular flexibility index (Phi) is 7.49. The molecule has 0 aliphatic carbocycles. The van der Waals surface area contributed by atoms with Gasteiger partial charge in [0.15, 0.2) is 0 Å². The van der Waals surface area contributed by atoms with E-state index in [0.29, 0.717) is 5.56 Å². The summed E-state index contributed by atoms with van der Waals surface area (Å²) in [5.41, 5.74) is 14.2. The average Bonchev–Trinajstić information content (AvgIpc) is 2.70. The molecule has 2 rings (SSSR count). The van der Waals surface area contributed by atoms with Crippen molar-refractivity contribution < 1.29 is 9.59 Å². The van der Waals surface area contributed by atoms with Gasteiger partial charge >= 0.3 is 0 Å². The maximum absolute atomic E-state index is 12.2. The summed E-state index contributed by atoms with van der Waals surface area (Å²) in [5, 5.41) is 0. The van der Waals surface area contributed by atoms with Crippen LogP contribution >= 0.6 is 12.2 Å². The third-order valence-corrected chi connectivity index (χ3v) is 4.83. The van der Waals surface area contributed by atoms with E-state index in [1.807, 2.05) is 12.1 Å². The molecule has 0 spiro atoms. The SMILES string of the molecule is CCCCc1ccc(-c2ccc(C(=O)NNC(=S)C(C)C(N)=O)cc2)cc1. The van der Waals surface area contributed by atoms with E-state index in [1.54, 1.807) is 19.1 Å². The Morgan fingerprint density at radius 1 is 1.00 bits per heavy atom. The van der Waals surface area contributed by atoms with Gasteiger partial charge < -0.3 is 5.73 Å². The first-order valence-electron chi connectivity index (χ1n) is 9.01. The number of rotatable bonds is 7. The summed E-state index contributed by atoms with van der Waals surface area (Å²) >= 11 is 5.02. The van der Waals surface area contributed by atoms with Crippen molar-refractivity contribution in [1.29, 1.82) is 0 Å². The molecule has 2 amide bonds. The van der Waals surface area contributed by atoms with Gasteiger partial charge in [-0.15, -0.1) is 0 Å². The molecule has 1 unspecified atom stereocenters. The number of unbranched alkanes of at least 4 members (excludes halogenated alkanes) is 1. The molecule has 0 saturated carbocycles. The molecule has 2 aromatic carbocycles. The standard InChI is InChI=1S/C21H25N3O2S/c1-3-4-5-15-6-8-16(9-7-15)17-10-12-18(13-11-17)20(26)23-24-21(27)14(2)19(22)25/h6-14H,3-5H2,1-2H3,(H2,22,25)(H,23,26)(H,24,27). The first-order chi connectivity index (χ1) is 12.9. The van der Waals surface area contributed by atoms with E-state index < -0.39 is 11.8 Å². The van der Waals surface area contributed by atoms with Crippen molar-refractivity contribution in [3.8, 4) is 11.1 Å². The lowest BCUT2D eigenvalue weighted by Crippen LogP contribution is -2.45. The summed E-state index contributed by atoms with van der Waals surface area (Å²) in [7, 11) is 0. The third kappa shape index (κ3) is 5.89. The summed E-state index contributed by atoms with van der Waals surface area (Å²) in [4.78, 5) is 23.4. The Morgan fingerprint density at radius 3 is 2.07 bits per heavy atom. The minimum atomic E-state index is -0.650. The fourth-order valence-electron chi connectivity index (χ4n) is 2.49. The van der Waals surface area contributed by atoms with Crippen molar-refractivity contribution in [2.45, 2.75) is 33.1 Å². The summed E-state index contributed by atoms with van der Waals surface area (Å²) in [6, 6.07) is 15.8. The van der Waals surface area contributed by atoms with Crippen LogP contribution in [0.1, 0.15) is 42.6 Å². The molecule has 0 saturated heterocycles. The number of amides is 2. The quantitative estimate of drug-likeness (QED) is 0.505. The highest BCUT2D eigenvalue weighted by atomic mass is 32.1. The number of carbonyl (C=O) groups is 2. The van der Waals surface area contributed by atoms with Crippen molar-refractivity contribution in [1.82, 2.24) is 10.9 Å². The van der Waals surface area contributed by atoms with Crippen LogP contribution in [0.5, 0.6) is 0 Å². The smallest absolute Gasteiger partial charge is 0.269 e. The predicted molar refractivity (Wildman–Crippen MR) is 112 cm³/mol. The van der Waals surface area contributed by atoms with E-state index in [1.165, 1.54) is 18.4 Å². The molecule has 2 aromatic rings. The van der Waals surface area contributed by atoms with Crippen LogP contribution in [0.3, 0.4) is 0 Å². The number of hydrogen-bond acceptors (Lipinski definition) is 3. The molecule has 0 aliphatic rings. The van der Waals surface area contributed by atoms with E-state index >= 15 is 0 Å². The van der Waals surface area contributed by atoms with E-state index in [4.69, 9.17) is 18.0 Å². The summed E-state index contributed by atoms with van der Waals surface area (Å²) < 4.78 is 0. The number of hydrogen-bond donors (Lipinski definition) is 3. The summed E-state index contributed by atoms with van der Waals surface area (Å²) in [6.07, 6.45) is 3.48. The van der Waals surface area contributed by atoms with Gasteiger partial charge in [-0.1, -0.05) is 62.0 Å². The molecule has 27 heavy (non-hydrogen) atoms. The van der Waals surface area contributed by atoms with Gasteiger partial charge in [-0.25, -0.2) is 0 Å². The topological polar surface area (TPSA) is 84.2 Å². The van der Waals surface area contributed by atoms with Crippen LogP contribution in [0, 0.1) is 5.92 Å². The lowest BCUT2D eigenvalue weighted by atomic mass is 10.0. The van der Waals surface area contributed by atoms with Gasteiger partial charge in [-0.2, -0.15) is 0 Å². The highest BCUT2D eigenvalue weighted by molar-refractivity contribution is 7.80. The van der Waals surface area contributed by atoms with Gasteiger partial charge in [0, 0.05) is 5.56 Å². The van der Waals surface area contributed by atoms with Gasteiger partial charge in [-0.05, 0) is 48.6 Å². The fraction of sp³-hybridized carbons (Fsp3) is 0.286. The number of thiocarbonyl (C=S) groups is 1. The highest BCUT2D eigenvalue weighted by Gasteiger charge is 2.15. The second-order valence-corrected chi connectivity index (χ2v) is 6.89. The first-order valence-corrected chi connectivity index (χ1v) is 9.42. The van der Waals surface area contributed by atoms with E-state index in [-0.39, 0.29) is 10.9 Å². The molecule has 0 fully saturated rings. The van der Waals surface area contributed by atoms with E-state index in [2.05, 4.69) is 42.0 Å². The maximum Gasteiger partial charge on any atom is 0.269 e. The number of carbonyl (C=O) groups excluding carboxylic acids is 2. The largest absolute Gasteiger partial charge is 0.369 e. The molecule has 142 valence electrons. The Labute approximate surface area is 165 Å². The molecule has 6 heteroatoms. The molecule has 5 nitrogen and oxygen atoms in total. The molecule has 0 radical (unpaired) electrons. The van der Waals surface area contributed by atoms with Crippen molar-refractivity contribution in [2.24, 2.45) is 11.7 Å². The Morgan fingerprint density at radius 2 is 1.56 bits per heavy atom. The zero-order valence-electron chi connectivity index (χ0n) is 15.6. The monoisotopic (exact) mass is 383 g/mol. The van der Waals surface area contributed by atoms with Crippen molar-refractivity contribution in [2.75, 3.05) is 0 Å². The molecule has 1 atom stereocenters. The molecule has 0 aromatic heterocycles. The Hall–Kier alpha value is -2.73. The van der Waals surface area contributed by atoms with E-state index in [0.717, 1.165) is 17.5 Å². The third-order valence-electron chi connectivity index (χ3n) is 4.37. The minimum Gasteiger partial charge on any atom is -0.369 e. The highest BCUT2D eigenvalue weighted by Crippen LogP contribution is 2.21. The van der Waals surface area contributed by atoms with Crippen molar-refractivity contribution >= 4 is 29.0 Å². The molecule has 0 aliphatic heterocycles. The van der Waals surface area contributed by atoms with Gasteiger partial charge in [-0.3, -0.25) is 20.4 Å². The maximum atomic E-state index is 12.2. The van der Waals surface area contributed by atoms with Gasteiger partial charge in [0.25, 0.3) is 5.91 Å². The number of benzene rings is 2. The van der Waals surface area contributed by atoms with Crippen LogP contribution in [0.25, 0.3) is 11.1 Å². The second-order valence-electron chi connectivity index (χ2n) is 6.45. The number of primary amides is 1. The second kappa shape index (κ2) is 9.83. The summed E-state index contributed by atoms with van der Waals surface area (Å²) in [5.74, 6) is -1.54. The Bertz CT molecular complexity index is 801. The molecule has 0 bridgehead atoms. The molecule has 4 N–H and O–H groups in total. The Balaban J connectivity index is 1.97. The van der Waals surface area contributed by atoms with Crippen molar-refractivity contribution in [3.05, 3.63) is 59.7 Å². The molecular formula is C21H25N3O2S. The van der Waals surface area contributed by atoms with Gasteiger partial charge in [0.05, 0.1) is 5.92 Å². The minimum absolute atomic E-state index is 0.177. The van der Waals surface area contributed by atoms with Gasteiger partial charge in [0.1, 0.15) is 4.99 Å². The van der Waals surface area contributed by atoms with Gasteiger partial charge in [0.2, 0.25) is 5.91 Å². The number of hydrazine groups is 1. The molecular weight excluding hydrogens is 358 g/mol. The zero-order valence-corrected chi connectivity index (χ0v) is 16.4. The zero-order chi connectivity index (χ0) is 19.8. The van der Waals surface area contributed by atoms with Crippen LogP contribution in [0.15, 0.2) is 48.5 Å². The van der Waals surface area contributed by atoms with Crippen LogP contribution in [-0.4, -0.2) is 16.8 Å². The predicted octanol–water partition coefficient (Wildman–Crippen LogP) is 3.38. The summed E-state index contributed by atoms with van der Waals surface area (Å²) in [6.45, 7) is 3.76. The normalized spacial score (nSPS) is 11.5. The lowest BCUT2D eigenvalue weighted by Gasteiger charge is -2.13. The van der Waals surface area contributed by atoms with Crippen LogP contribution in [-0.2, 0) is 11.2 Å². The fourth-order valence-corrected chi connectivity index (χ4v) is 2.65. The van der Waals surface area contributed by atoms with Crippen LogP contribution < -0.4 is 16.6 Å². The number of aryl methyl sites for hydroxylation is 1. The molecule has 0 heterocycles. The van der Waals surface area contributed by atoms with Crippen molar-refractivity contribution in [3.63, 3.8) is 0 Å². The average molecular weight is 384 g/mol. The van der Waals surface area contributed by atoms with E-state index in [9.17, 15) is 9.59 Å². The van der Waals surface area contributed by atoms with Crippen LogP contribution in [0.4, 0.5) is 0 Å². The number of nitrogens with one attached hydrogen (secondary N) is 2. The lowest BCUT2D eigenvalue weighted by molar-refractivity contribution is -0.119. The number of nitrogens with two attached hydrogens (primary N) is 1.